The highest BCUT2D eigenvalue weighted by molar-refractivity contribution is 5.71. The van der Waals surface area contributed by atoms with Gasteiger partial charge in [0.05, 0.1) is 0 Å². The summed E-state index contributed by atoms with van der Waals surface area (Å²) in [7, 11) is 0. The highest BCUT2D eigenvalue weighted by Crippen LogP contribution is 2.14. The minimum atomic E-state index is -0.798. The molecule has 0 fully saturated rings. The Balaban J connectivity index is 4.31. The van der Waals surface area contributed by atoms with Gasteiger partial charge in [0.25, 0.3) is 0 Å². The summed E-state index contributed by atoms with van der Waals surface area (Å²) in [5.41, 5.74) is 0. The van der Waals surface area contributed by atoms with Gasteiger partial charge in [-0.25, -0.2) is 0 Å². The average molecular weight is 1060 g/mol. The second-order valence-corrected chi connectivity index (χ2v) is 20.2. The van der Waals surface area contributed by atoms with Gasteiger partial charge in [-0.3, -0.25) is 14.4 Å². The van der Waals surface area contributed by atoms with Gasteiger partial charge in [-0.05, 0) is 122 Å². The predicted molar refractivity (Wildman–Crippen MR) is 334 cm³/mol. The van der Waals surface area contributed by atoms with Crippen LogP contribution in [0.4, 0.5) is 0 Å². The number of unbranched alkanes of at least 4 members (excludes halogenated alkanes) is 20. The van der Waals surface area contributed by atoms with Gasteiger partial charge < -0.3 is 14.2 Å². The summed E-state index contributed by atoms with van der Waals surface area (Å²) in [6.07, 6.45) is 91.4. The van der Waals surface area contributed by atoms with Crippen LogP contribution in [-0.2, 0) is 28.6 Å². The first-order valence-electron chi connectivity index (χ1n) is 31.3. The lowest BCUT2D eigenvalue weighted by atomic mass is 10.1. The molecule has 0 radical (unpaired) electrons. The van der Waals surface area contributed by atoms with Crippen molar-refractivity contribution < 1.29 is 28.6 Å². The Labute approximate surface area is 474 Å². The Hall–Kier alpha value is -4.71. The van der Waals surface area contributed by atoms with Gasteiger partial charge in [0.2, 0.25) is 0 Å². The topological polar surface area (TPSA) is 78.9 Å². The second-order valence-electron chi connectivity index (χ2n) is 20.2. The maximum Gasteiger partial charge on any atom is 0.306 e. The summed E-state index contributed by atoms with van der Waals surface area (Å²) in [5, 5.41) is 0. The molecule has 0 aromatic carbocycles. The molecule has 0 saturated carbocycles. The van der Waals surface area contributed by atoms with Crippen molar-refractivity contribution in [2.45, 2.75) is 271 Å². The van der Waals surface area contributed by atoms with E-state index in [1.807, 2.05) is 0 Å². The summed E-state index contributed by atoms with van der Waals surface area (Å²) < 4.78 is 16.8. The minimum Gasteiger partial charge on any atom is -0.462 e. The van der Waals surface area contributed by atoms with E-state index >= 15 is 0 Å². The summed E-state index contributed by atoms with van der Waals surface area (Å²) in [4.78, 5) is 38.2. The minimum absolute atomic E-state index is 0.0929. The Kier molecular flexibility index (Phi) is 59.9. The fourth-order valence-corrected chi connectivity index (χ4v) is 8.21. The quantitative estimate of drug-likeness (QED) is 0.0261. The van der Waals surface area contributed by atoms with Crippen LogP contribution in [0.5, 0.6) is 0 Å². The molecule has 0 aliphatic carbocycles. The normalized spacial score (nSPS) is 13.1. The zero-order chi connectivity index (χ0) is 55.7. The molecule has 0 rings (SSSR count). The third kappa shape index (κ3) is 62.0. The lowest BCUT2D eigenvalue weighted by Gasteiger charge is -2.18. The van der Waals surface area contributed by atoms with Gasteiger partial charge in [-0.2, -0.15) is 0 Å². The number of carbonyl (C=O) groups is 3. The number of rotatable bonds is 55. The van der Waals surface area contributed by atoms with Gasteiger partial charge in [0, 0.05) is 19.3 Å². The van der Waals surface area contributed by atoms with Gasteiger partial charge in [0.1, 0.15) is 13.2 Å². The van der Waals surface area contributed by atoms with E-state index in [4.69, 9.17) is 14.2 Å². The molecule has 0 aliphatic rings. The summed E-state index contributed by atoms with van der Waals surface area (Å²) in [6, 6.07) is 0. The number of ether oxygens (including phenoxy) is 3. The van der Waals surface area contributed by atoms with E-state index in [9.17, 15) is 14.4 Å². The lowest BCUT2D eigenvalue weighted by Crippen LogP contribution is -2.30. The van der Waals surface area contributed by atoms with Crippen LogP contribution in [0.3, 0.4) is 0 Å². The molecule has 6 nitrogen and oxygen atoms in total. The van der Waals surface area contributed by atoms with Crippen LogP contribution < -0.4 is 0 Å². The van der Waals surface area contributed by atoms with Crippen molar-refractivity contribution in [2.24, 2.45) is 0 Å². The predicted octanol–water partition coefficient (Wildman–Crippen LogP) is 21.5. The summed E-state index contributed by atoms with van der Waals surface area (Å²) in [6.45, 7) is 6.36. The number of allylic oxidation sites excluding steroid dienone is 24. The van der Waals surface area contributed by atoms with Crippen molar-refractivity contribution >= 4 is 17.9 Å². The summed E-state index contributed by atoms with van der Waals surface area (Å²) in [5.74, 6) is -0.928. The van der Waals surface area contributed by atoms with Gasteiger partial charge in [-0.1, -0.05) is 269 Å². The molecule has 6 heteroatoms. The first-order chi connectivity index (χ1) is 38.0. The molecule has 0 aliphatic heterocycles. The van der Waals surface area contributed by atoms with E-state index in [0.29, 0.717) is 19.3 Å². The van der Waals surface area contributed by atoms with Crippen molar-refractivity contribution in [1.29, 1.82) is 0 Å². The Bertz CT molecular complexity index is 1700. The third-order valence-electron chi connectivity index (χ3n) is 12.8. The van der Waals surface area contributed by atoms with E-state index in [1.165, 1.54) is 64.2 Å². The molecule has 0 N–H and O–H groups in total. The van der Waals surface area contributed by atoms with Crippen molar-refractivity contribution in [3.8, 4) is 0 Å². The first kappa shape index (κ1) is 72.3. The highest BCUT2D eigenvalue weighted by atomic mass is 16.6. The molecule has 0 heterocycles. The Morgan fingerprint density at radius 1 is 0.273 bits per heavy atom. The second kappa shape index (κ2) is 63.8. The van der Waals surface area contributed by atoms with E-state index in [0.717, 1.165) is 161 Å². The summed E-state index contributed by atoms with van der Waals surface area (Å²) >= 11 is 0. The van der Waals surface area contributed by atoms with Crippen LogP contribution in [0.1, 0.15) is 265 Å². The monoisotopic (exact) mass is 1060 g/mol. The molecular weight excluding hydrogens is 949 g/mol. The van der Waals surface area contributed by atoms with E-state index in [2.05, 4.69) is 167 Å². The maximum atomic E-state index is 12.9. The van der Waals surface area contributed by atoms with Gasteiger partial charge in [-0.15, -0.1) is 0 Å². The maximum absolute atomic E-state index is 12.9. The smallest absolute Gasteiger partial charge is 0.306 e. The average Bonchev–Trinajstić information content (AvgIpc) is 3.43. The molecule has 1 atom stereocenters. The number of carbonyl (C=O) groups excluding carboxylic acids is 3. The van der Waals surface area contributed by atoms with E-state index in [1.54, 1.807) is 0 Å². The SMILES string of the molecule is CC/C=C\C/C=C\C/C=C\C/C=C\C/C=C\C/C=C\C/C=C\CCCCCCCCCC(=O)OCC(COC(=O)CCCCCCCCCCC)OC(=O)CCCCCCC/C=C\C/C=C\C/C=C\C/C=C\C/C=C\CC. The fourth-order valence-electron chi connectivity index (χ4n) is 8.21. The lowest BCUT2D eigenvalue weighted by molar-refractivity contribution is -0.167. The number of hydrogen-bond acceptors (Lipinski definition) is 6. The fraction of sp³-hybridized carbons (Fsp3) is 0.620. The standard InChI is InChI=1S/C71H114O6/c1-4-7-10-13-16-19-21-23-25-27-29-31-32-33-34-35-36-37-38-40-41-43-45-47-49-52-55-58-61-64-70(73)76-67-68(66-75-69(72)63-60-57-54-51-18-15-12-9-6-3)77-71(74)65-62-59-56-53-50-48-46-44-42-39-30-28-26-24-22-20-17-14-11-8-5-2/h7-8,10-11,16-17,19-20,23-26,29-31,33-34,36-37,39-41,44,46,68H,4-6,9,12-15,18,21-22,27-28,32,35,38,42-43,45,47-67H2,1-3H3/b10-7-,11-8-,19-16-,20-17-,25-23-,26-24-,31-29-,34-33-,37-36-,39-30-,41-40-,46-44-. The molecule has 77 heavy (non-hydrogen) atoms. The molecular formula is C71H114O6. The molecule has 0 bridgehead atoms. The Morgan fingerprint density at radius 2 is 0.506 bits per heavy atom. The zero-order valence-corrected chi connectivity index (χ0v) is 49.7. The molecule has 1 unspecified atom stereocenters. The van der Waals surface area contributed by atoms with Crippen LogP contribution >= 0.6 is 0 Å². The molecule has 0 aromatic heterocycles. The molecule has 0 amide bonds. The van der Waals surface area contributed by atoms with Crippen molar-refractivity contribution in [1.82, 2.24) is 0 Å². The van der Waals surface area contributed by atoms with Crippen molar-refractivity contribution in [3.05, 3.63) is 146 Å². The zero-order valence-electron chi connectivity index (χ0n) is 49.7. The third-order valence-corrected chi connectivity index (χ3v) is 12.8. The van der Waals surface area contributed by atoms with Crippen molar-refractivity contribution in [3.63, 3.8) is 0 Å². The number of hydrogen-bond donors (Lipinski definition) is 0. The van der Waals surface area contributed by atoms with Crippen LogP contribution in [0.25, 0.3) is 0 Å². The molecule has 434 valence electrons. The van der Waals surface area contributed by atoms with E-state index < -0.39 is 6.10 Å². The number of esters is 3. The molecule has 0 aromatic rings. The first-order valence-corrected chi connectivity index (χ1v) is 31.3. The van der Waals surface area contributed by atoms with Crippen LogP contribution in [0, 0.1) is 0 Å². The van der Waals surface area contributed by atoms with Crippen LogP contribution in [-0.4, -0.2) is 37.2 Å². The van der Waals surface area contributed by atoms with Crippen LogP contribution in [0.2, 0.25) is 0 Å². The highest BCUT2D eigenvalue weighted by Gasteiger charge is 2.19. The molecule has 0 spiro atoms. The largest absolute Gasteiger partial charge is 0.462 e. The van der Waals surface area contributed by atoms with Crippen molar-refractivity contribution in [2.75, 3.05) is 13.2 Å². The Morgan fingerprint density at radius 3 is 0.792 bits per heavy atom. The van der Waals surface area contributed by atoms with Gasteiger partial charge >= 0.3 is 17.9 Å². The van der Waals surface area contributed by atoms with Gasteiger partial charge in [0.15, 0.2) is 6.10 Å². The molecule has 0 saturated heterocycles. The van der Waals surface area contributed by atoms with E-state index in [-0.39, 0.29) is 31.1 Å². The van der Waals surface area contributed by atoms with Crippen LogP contribution in [0.15, 0.2) is 146 Å².